The van der Waals surface area contributed by atoms with Crippen molar-refractivity contribution < 1.29 is 14.4 Å². The lowest BCUT2D eigenvalue weighted by molar-refractivity contribution is -0.135. The average molecular weight is 368 g/mol. The summed E-state index contributed by atoms with van der Waals surface area (Å²) in [6, 6.07) is 7.49. The number of carbonyl (C=O) groups is 3. The summed E-state index contributed by atoms with van der Waals surface area (Å²) >= 11 is 3.39. The second-order valence-electron chi connectivity index (χ2n) is 5.07. The van der Waals surface area contributed by atoms with E-state index in [4.69, 9.17) is 0 Å². The van der Waals surface area contributed by atoms with Gasteiger partial charge in [-0.25, -0.2) is 0 Å². The monoisotopic (exact) mass is 367 g/mol. The smallest absolute Gasteiger partial charge is 0.242 e. The molecule has 7 heteroatoms. The first-order valence-corrected chi connectivity index (χ1v) is 7.86. The number of nitrogens with one attached hydrogen (secondary N) is 1. The van der Waals surface area contributed by atoms with Crippen LogP contribution in [-0.4, -0.2) is 60.7 Å². The van der Waals surface area contributed by atoms with E-state index in [9.17, 15) is 14.4 Å². The van der Waals surface area contributed by atoms with Crippen LogP contribution in [0.1, 0.15) is 5.56 Å². The molecule has 1 aromatic rings. The van der Waals surface area contributed by atoms with Gasteiger partial charge in [-0.3, -0.25) is 14.4 Å². The molecule has 1 saturated heterocycles. The molecule has 3 amide bonds. The van der Waals surface area contributed by atoms with Crippen molar-refractivity contribution >= 4 is 34.2 Å². The molecule has 1 N–H and O–H groups in total. The topological polar surface area (TPSA) is 69.7 Å². The maximum Gasteiger partial charge on any atom is 0.242 e. The molecule has 22 heavy (non-hydrogen) atoms. The summed E-state index contributed by atoms with van der Waals surface area (Å²) in [5, 5.41) is 2.65. The molecule has 0 saturated carbocycles. The van der Waals surface area contributed by atoms with Crippen LogP contribution in [0, 0.1) is 0 Å². The molecule has 0 atom stereocenters. The molecule has 0 bridgehead atoms. The number of benzene rings is 1. The fourth-order valence-corrected chi connectivity index (χ4v) is 2.66. The second-order valence-corrected chi connectivity index (χ2v) is 5.92. The van der Waals surface area contributed by atoms with E-state index in [0.717, 1.165) is 16.4 Å². The first kappa shape index (κ1) is 16.5. The third-order valence-corrected chi connectivity index (χ3v) is 4.34. The number of hydrogen-bond donors (Lipinski definition) is 1. The number of piperazine rings is 1. The van der Waals surface area contributed by atoms with E-state index in [1.807, 2.05) is 24.3 Å². The van der Waals surface area contributed by atoms with Crippen LogP contribution in [-0.2, 0) is 20.8 Å². The Kier molecular flexibility index (Phi) is 5.94. The maximum atomic E-state index is 12.0. The van der Waals surface area contributed by atoms with E-state index >= 15 is 0 Å². The number of nitrogens with zero attached hydrogens (tertiary/aromatic N) is 2. The van der Waals surface area contributed by atoms with E-state index < -0.39 is 0 Å². The van der Waals surface area contributed by atoms with Gasteiger partial charge in [0, 0.05) is 30.7 Å². The third-order valence-electron chi connectivity index (χ3n) is 3.56. The lowest BCUT2D eigenvalue weighted by Gasteiger charge is -2.32. The van der Waals surface area contributed by atoms with Crippen molar-refractivity contribution in [3.05, 3.63) is 34.3 Å². The van der Waals surface area contributed by atoms with Gasteiger partial charge >= 0.3 is 0 Å². The van der Waals surface area contributed by atoms with Gasteiger partial charge in [-0.05, 0) is 11.6 Å². The molecular formula is C15H18BrN3O3. The van der Waals surface area contributed by atoms with Crippen molar-refractivity contribution in [2.75, 3.05) is 32.7 Å². The van der Waals surface area contributed by atoms with Crippen LogP contribution in [0.4, 0.5) is 0 Å². The van der Waals surface area contributed by atoms with Crippen molar-refractivity contribution in [2.45, 2.75) is 6.42 Å². The number of hydrogen-bond acceptors (Lipinski definition) is 3. The number of carbonyl (C=O) groups excluding carboxylic acids is 3. The molecule has 0 aromatic heterocycles. The summed E-state index contributed by atoms with van der Waals surface area (Å²) in [6.45, 7) is 2.10. The first-order valence-electron chi connectivity index (χ1n) is 7.07. The van der Waals surface area contributed by atoms with Crippen LogP contribution >= 0.6 is 15.9 Å². The highest BCUT2D eigenvalue weighted by molar-refractivity contribution is 9.10. The van der Waals surface area contributed by atoms with Crippen LogP contribution in [0.5, 0.6) is 0 Å². The van der Waals surface area contributed by atoms with E-state index in [2.05, 4.69) is 21.2 Å². The number of amides is 3. The second kappa shape index (κ2) is 7.93. The molecule has 118 valence electrons. The Balaban J connectivity index is 1.75. The lowest BCUT2D eigenvalue weighted by Crippen LogP contribution is -2.50. The molecule has 1 aliphatic heterocycles. The molecule has 1 fully saturated rings. The minimum atomic E-state index is -0.188. The van der Waals surface area contributed by atoms with E-state index in [1.165, 1.54) is 0 Å². The Bertz CT molecular complexity index is 557. The minimum absolute atomic E-state index is 0.00955. The van der Waals surface area contributed by atoms with Gasteiger partial charge in [0.1, 0.15) is 0 Å². The van der Waals surface area contributed by atoms with E-state index in [0.29, 0.717) is 26.2 Å². The van der Waals surface area contributed by atoms with Crippen LogP contribution in [0.3, 0.4) is 0 Å². The summed E-state index contributed by atoms with van der Waals surface area (Å²) in [5.41, 5.74) is 0.882. The largest absolute Gasteiger partial charge is 0.347 e. The van der Waals surface area contributed by atoms with Crippen LogP contribution < -0.4 is 5.32 Å². The van der Waals surface area contributed by atoms with Crippen molar-refractivity contribution in [2.24, 2.45) is 0 Å². The predicted octanol–water partition coefficient (Wildman–Crippen LogP) is 0.408. The van der Waals surface area contributed by atoms with Crippen LogP contribution in [0.2, 0.25) is 0 Å². The molecule has 2 rings (SSSR count). The van der Waals surface area contributed by atoms with Crippen LogP contribution in [0.25, 0.3) is 0 Å². The third kappa shape index (κ3) is 4.56. The molecule has 0 unspecified atom stereocenters. The molecule has 1 heterocycles. The molecule has 0 spiro atoms. The molecule has 1 aromatic carbocycles. The van der Waals surface area contributed by atoms with Crippen molar-refractivity contribution in [3.63, 3.8) is 0 Å². The van der Waals surface area contributed by atoms with Gasteiger partial charge < -0.3 is 15.1 Å². The Morgan fingerprint density at radius 1 is 1.18 bits per heavy atom. The van der Waals surface area contributed by atoms with Crippen molar-refractivity contribution in [1.29, 1.82) is 0 Å². The molecule has 1 aliphatic rings. The Morgan fingerprint density at radius 3 is 2.50 bits per heavy atom. The Labute approximate surface area is 137 Å². The summed E-state index contributed by atoms with van der Waals surface area (Å²) in [5.74, 6) is -0.308. The molecule has 0 aliphatic carbocycles. The van der Waals surface area contributed by atoms with E-state index in [1.54, 1.807) is 9.80 Å². The highest BCUT2D eigenvalue weighted by Crippen LogP contribution is 2.16. The van der Waals surface area contributed by atoms with Gasteiger partial charge in [-0.2, -0.15) is 0 Å². The normalized spacial score (nSPS) is 14.6. The van der Waals surface area contributed by atoms with Gasteiger partial charge in [0.05, 0.1) is 13.0 Å². The highest BCUT2D eigenvalue weighted by Gasteiger charge is 2.20. The molecule has 6 nitrogen and oxygen atoms in total. The molecular weight excluding hydrogens is 350 g/mol. The lowest BCUT2D eigenvalue weighted by atomic mass is 10.1. The maximum absolute atomic E-state index is 12.0. The van der Waals surface area contributed by atoms with Gasteiger partial charge in [0.15, 0.2) is 0 Å². The number of rotatable bonds is 5. The summed E-state index contributed by atoms with van der Waals surface area (Å²) in [7, 11) is 0. The Morgan fingerprint density at radius 2 is 1.86 bits per heavy atom. The predicted molar refractivity (Wildman–Crippen MR) is 85.1 cm³/mol. The molecule has 0 radical (unpaired) electrons. The first-order chi connectivity index (χ1) is 10.6. The van der Waals surface area contributed by atoms with Gasteiger partial charge in [0.25, 0.3) is 0 Å². The average Bonchev–Trinajstić information content (AvgIpc) is 2.55. The van der Waals surface area contributed by atoms with Crippen molar-refractivity contribution in [3.8, 4) is 0 Å². The summed E-state index contributed by atoms with van der Waals surface area (Å²) in [4.78, 5) is 37.8. The quantitative estimate of drug-likeness (QED) is 0.766. The van der Waals surface area contributed by atoms with Crippen molar-refractivity contribution in [1.82, 2.24) is 15.1 Å². The van der Waals surface area contributed by atoms with Crippen LogP contribution in [0.15, 0.2) is 28.7 Å². The fraction of sp³-hybridized carbons (Fsp3) is 0.400. The summed E-state index contributed by atoms with van der Waals surface area (Å²) < 4.78 is 0.876. The van der Waals surface area contributed by atoms with Gasteiger partial charge in [-0.15, -0.1) is 0 Å². The zero-order valence-corrected chi connectivity index (χ0v) is 13.7. The fourth-order valence-electron chi connectivity index (χ4n) is 2.24. The van der Waals surface area contributed by atoms with Gasteiger partial charge in [0.2, 0.25) is 18.2 Å². The minimum Gasteiger partial charge on any atom is -0.347 e. The SMILES string of the molecule is O=CN1CCN(C(=O)CNC(=O)Cc2ccccc2Br)CC1. The zero-order chi connectivity index (χ0) is 15.9. The standard InChI is InChI=1S/C15H18BrN3O3/c16-13-4-2-1-3-12(13)9-14(21)17-10-15(22)19-7-5-18(11-20)6-8-19/h1-4,11H,5-10H2,(H,17,21). The summed E-state index contributed by atoms with van der Waals surface area (Å²) in [6.07, 6.45) is 1.02. The van der Waals surface area contributed by atoms with Gasteiger partial charge in [-0.1, -0.05) is 34.1 Å². The Hall–Kier alpha value is -1.89. The van der Waals surface area contributed by atoms with E-state index in [-0.39, 0.29) is 24.8 Å². The number of halogens is 1. The zero-order valence-electron chi connectivity index (χ0n) is 12.1. The highest BCUT2D eigenvalue weighted by atomic mass is 79.9.